The Labute approximate surface area is 83.7 Å². The lowest BCUT2D eigenvalue weighted by atomic mass is 9.86. The lowest BCUT2D eigenvalue weighted by Gasteiger charge is -2.19. The standard InChI is InChI=1S/C13H24/c1-10(2)11(3)8-9-12(4)13(5,6)7/h8-11H,4H2,1-3,5-7H3/b9-8-. The van der Waals surface area contributed by atoms with Crippen molar-refractivity contribution in [3.8, 4) is 0 Å². The Bertz CT molecular complexity index is 189. The van der Waals surface area contributed by atoms with Gasteiger partial charge in [-0.15, -0.1) is 0 Å². The van der Waals surface area contributed by atoms with E-state index in [1.54, 1.807) is 0 Å². The lowest BCUT2D eigenvalue weighted by molar-refractivity contribution is 0.496. The topological polar surface area (TPSA) is 0 Å². The van der Waals surface area contributed by atoms with Crippen molar-refractivity contribution >= 4 is 0 Å². The smallest absolute Gasteiger partial charge is 0.0138 e. The van der Waals surface area contributed by atoms with E-state index in [0.717, 1.165) is 0 Å². The van der Waals surface area contributed by atoms with Crippen LogP contribution in [0.2, 0.25) is 0 Å². The van der Waals surface area contributed by atoms with Gasteiger partial charge in [0.2, 0.25) is 0 Å². The quantitative estimate of drug-likeness (QED) is 0.563. The zero-order valence-electron chi connectivity index (χ0n) is 10.0. The Morgan fingerprint density at radius 2 is 1.62 bits per heavy atom. The summed E-state index contributed by atoms with van der Waals surface area (Å²) < 4.78 is 0. The Morgan fingerprint density at radius 1 is 1.15 bits per heavy atom. The van der Waals surface area contributed by atoms with E-state index in [1.807, 2.05) is 0 Å². The molecule has 0 aliphatic carbocycles. The molecule has 0 aromatic rings. The molecule has 0 aliphatic heterocycles. The molecule has 1 atom stereocenters. The van der Waals surface area contributed by atoms with Crippen LogP contribution in [0.3, 0.4) is 0 Å². The highest BCUT2D eigenvalue weighted by atomic mass is 14.2. The van der Waals surface area contributed by atoms with Crippen LogP contribution in [0.25, 0.3) is 0 Å². The molecule has 0 bridgehead atoms. The molecule has 0 N–H and O–H groups in total. The normalized spacial score (nSPS) is 15.3. The third kappa shape index (κ3) is 4.92. The number of hydrogen-bond donors (Lipinski definition) is 0. The predicted octanol–water partition coefficient (Wildman–Crippen LogP) is 4.44. The zero-order chi connectivity index (χ0) is 10.6. The van der Waals surface area contributed by atoms with Gasteiger partial charge in [-0.1, -0.05) is 65.8 Å². The summed E-state index contributed by atoms with van der Waals surface area (Å²) in [5.41, 5.74) is 1.41. The first-order chi connectivity index (χ1) is 5.75. The molecule has 0 heteroatoms. The van der Waals surface area contributed by atoms with E-state index in [1.165, 1.54) is 5.57 Å². The fraction of sp³-hybridized carbons (Fsp3) is 0.692. The molecule has 0 fully saturated rings. The third-order valence-electron chi connectivity index (χ3n) is 2.62. The number of hydrogen-bond acceptors (Lipinski definition) is 0. The van der Waals surface area contributed by atoms with E-state index in [-0.39, 0.29) is 5.41 Å². The lowest BCUT2D eigenvalue weighted by Crippen LogP contribution is -2.07. The van der Waals surface area contributed by atoms with Gasteiger partial charge in [-0.3, -0.25) is 0 Å². The zero-order valence-corrected chi connectivity index (χ0v) is 10.0. The van der Waals surface area contributed by atoms with Crippen LogP contribution < -0.4 is 0 Å². The fourth-order valence-electron chi connectivity index (χ4n) is 0.740. The summed E-state index contributed by atoms with van der Waals surface area (Å²) in [6.45, 7) is 17.4. The summed E-state index contributed by atoms with van der Waals surface area (Å²) in [5.74, 6) is 1.35. The second-order valence-corrected chi connectivity index (χ2v) is 5.24. The van der Waals surface area contributed by atoms with Gasteiger partial charge in [0.1, 0.15) is 0 Å². The minimum atomic E-state index is 0.202. The van der Waals surface area contributed by atoms with Gasteiger partial charge < -0.3 is 0 Å². The van der Waals surface area contributed by atoms with Crippen LogP contribution in [0, 0.1) is 17.3 Å². The van der Waals surface area contributed by atoms with Gasteiger partial charge in [-0.25, -0.2) is 0 Å². The molecule has 0 saturated heterocycles. The average Bonchev–Trinajstić information content (AvgIpc) is 1.97. The minimum absolute atomic E-state index is 0.202. The third-order valence-corrected chi connectivity index (χ3v) is 2.62. The summed E-state index contributed by atoms with van der Waals surface area (Å²) >= 11 is 0. The first-order valence-electron chi connectivity index (χ1n) is 5.12. The second kappa shape index (κ2) is 4.64. The molecule has 0 spiro atoms. The van der Waals surface area contributed by atoms with Gasteiger partial charge in [0.15, 0.2) is 0 Å². The van der Waals surface area contributed by atoms with E-state index in [0.29, 0.717) is 11.8 Å². The first-order valence-corrected chi connectivity index (χ1v) is 5.12. The van der Waals surface area contributed by atoms with Crippen LogP contribution in [0.4, 0.5) is 0 Å². The maximum absolute atomic E-state index is 4.07. The Balaban J connectivity index is 4.21. The van der Waals surface area contributed by atoms with Crippen LogP contribution in [0.15, 0.2) is 24.3 Å². The van der Waals surface area contributed by atoms with Crippen molar-refractivity contribution in [3.05, 3.63) is 24.3 Å². The van der Waals surface area contributed by atoms with Gasteiger partial charge in [-0.2, -0.15) is 0 Å². The van der Waals surface area contributed by atoms with Crippen LogP contribution in [0.5, 0.6) is 0 Å². The Hall–Kier alpha value is -0.520. The van der Waals surface area contributed by atoms with Crippen LogP contribution in [-0.4, -0.2) is 0 Å². The van der Waals surface area contributed by atoms with Crippen molar-refractivity contribution in [2.45, 2.75) is 41.5 Å². The van der Waals surface area contributed by atoms with Crippen LogP contribution in [0.1, 0.15) is 41.5 Å². The summed E-state index contributed by atoms with van der Waals surface area (Å²) in [6, 6.07) is 0. The molecule has 0 amide bonds. The molecule has 1 unspecified atom stereocenters. The molecular formula is C13H24. The van der Waals surface area contributed by atoms with Crippen molar-refractivity contribution in [3.63, 3.8) is 0 Å². The second-order valence-electron chi connectivity index (χ2n) is 5.24. The Kier molecular flexibility index (Phi) is 4.46. The first kappa shape index (κ1) is 12.5. The van der Waals surface area contributed by atoms with Gasteiger partial charge in [0.25, 0.3) is 0 Å². The summed E-state index contributed by atoms with van der Waals surface area (Å²) in [6.07, 6.45) is 4.43. The van der Waals surface area contributed by atoms with Crippen molar-refractivity contribution < 1.29 is 0 Å². The van der Waals surface area contributed by atoms with Crippen LogP contribution in [-0.2, 0) is 0 Å². The fourth-order valence-corrected chi connectivity index (χ4v) is 0.740. The molecule has 0 saturated carbocycles. The minimum Gasteiger partial charge on any atom is -0.0953 e. The predicted molar refractivity (Wildman–Crippen MR) is 61.7 cm³/mol. The summed E-state index contributed by atoms with van der Waals surface area (Å²) in [7, 11) is 0. The van der Waals surface area contributed by atoms with E-state index >= 15 is 0 Å². The van der Waals surface area contributed by atoms with E-state index in [2.05, 4.69) is 60.3 Å². The highest BCUT2D eigenvalue weighted by molar-refractivity contribution is 5.21. The van der Waals surface area contributed by atoms with Crippen molar-refractivity contribution in [1.29, 1.82) is 0 Å². The molecule has 0 rings (SSSR count). The van der Waals surface area contributed by atoms with Gasteiger partial charge in [0, 0.05) is 0 Å². The van der Waals surface area contributed by atoms with E-state index in [9.17, 15) is 0 Å². The van der Waals surface area contributed by atoms with Gasteiger partial charge in [-0.05, 0) is 17.3 Å². The monoisotopic (exact) mass is 180 g/mol. The SMILES string of the molecule is C=C(/C=C\C(C)C(C)C)C(C)(C)C. The Morgan fingerprint density at radius 3 is 1.92 bits per heavy atom. The maximum Gasteiger partial charge on any atom is -0.0138 e. The maximum atomic E-state index is 4.07. The molecule has 0 aliphatic rings. The molecule has 0 aromatic heterocycles. The number of rotatable bonds is 3. The van der Waals surface area contributed by atoms with Gasteiger partial charge in [0.05, 0.1) is 0 Å². The van der Waals surface area contributed by atoms with E-state index in [4.69, 9.17) is 0 Å². The average molecular weight is 180 g/mol. The van der Waals surface area contributed by atoms with Crippen molar-refractivity contribution in [2.24, 2.45) is 17.3 Å². The summed E-state index contributed by atoms with van der Waals surface area (Å²) in [5, 5.41) is 0. The molecule has 13 heavy (non-hydrogen) atoms. The molecule has 0 heterocycles. The highest BCUT2D eigenvalue weighted by Gasteiger charge is 2.12. The largest absolute Gasteiger partial charge is 0.0953 e. The van der Waals surface area contributed by atoms with E-state index < -0.39 is 0 Å². The number of allylic oxidation sites excluding steroid dienone is 3. The summed E-state index contributed by atoms with van der Waals surface area (Å²) in [4.78, 5) is 0. The van der Waals surface area contributed by atoms with Gasteiger partial charge >= 0.3 is 0 Å². The van der Waals surface area contributed by atoms with Crippen molar-refractivity contribution in [1.82, 2.24) is 0 Å². The van der Waals surface area contributed by atoms with Crippen LogP contribution >= 0.6 is 0 Å². The molecular weight excluding hydrogens is 156 g/mol. The molecule has 0 radical (unpaired) electrons. The highest BCUT2D eigenvalue weighted by Crippen LogP contribution is 2.25. The molecule has 0 nitrogen and oxygen atoms in total. The molecule has 76 valence electrons. The van der Waals surface area contributed by atoms with Crippen molar-refractivity contribution in [2.75, 3.05) is 0 Å². The molecule has 0 aromatic carbocycles.